The average molecular weight is 248 g/mol. The molecule has 1 N–H and O–H groups in total. The van der Waals surface area contributed by atoms with Crippen LogP contribution in [0.25, 0.3) is 0 Å². The molecule has 0 aromatic heterocycles. The van der Waals surface area contributed by atoms with Gasteiger partial charge in [-0.15, -0.1) is 0 Å². The quantitative estimate of drug-likeness (QED) is 0.890. The van der Waals surface area contributed by atoms with Crippen molar-refractivity contribution in [3.05, 3.63) is 29.3 Å². The zero-order valence-corrected chi connectivity index (χ0v) is 11.0. The van der Waals surface area contributed by atoms with Crippen molar-refractivity contribution in [1.29, 1.82) is 0 Å². The number of fused-ring (bicyclic) bond motifs is 1. The molecule has 0 bridgehead atoms. The predicted molar refractivity (Wildman–Crippen MR) is 70.3 cm³/mol. The third-order valence-corrected chi connectivity index (χ3v) is 3.50. The Morgan fingerprint density at radius 2 is 2.28 bits per heavy atom. The summed E-state index contributed by atoms with van der Waals surface area (Å²) in [6.45, 7) is 4.96. The van der Waals surface area contributed by atoms with Gasteiger partial charge in [-0.25, -0.2) is 0 Å². The van der Waals surface area contributed by atoms with Crippen molar-refractivity contribution in [3.8, 4) is 5.75 Å². The van der Waals surface area contributed by atoms with E-state index in [1.54, 1.807) is 0 Å². The number of hydrogen-bond acceptors (Lipinski definition) is 2. The molecule has 0 amide bonds. The van der Waals surface area contributed by atoms with Crippen molar-refractivity contribution in [1.82, 2.24) is 0 Å². The van der Waals surface area contributed by atoms with Crippen LogP contribution in [0.4, 0.5) is 0 Å². The minimum atomic E-state index is -0.734. The molecule has 3 nitrogen and oxygen atoms in total. The van der Waals surface area contributed by atoms with Crippen LogP contribution in [0.15, 0.2) is 18.2 Å². The third kappa shape index (κ3) is 2.66. The number of benzene rings is 1. The molecule has 0 spiro atoms. The minimum Gasteiger partial charge on any atom is -0.493 e. The maximum atomic E-state index is 11.0. The van der Waals surface area contributed by atoms with E-state index >= 15 is 0 Å². The van der Waals surface area contributed by atoms with Crippen LogP contribution < -0.4 is 4.74 Å². The third-order valence-electron chi connectivity index (χ3n) is 3.50. The molecule has 1 atom stereocenters. The molecule has 98 valence electrons. The van der Waals surface area contributed by atoms with Crippen LogP contribution in [-0.4, -0.2) is 17.7 Å². The Hall–Kier alpha value is -1.51. The molecule has 0 fully saturated rings. The Labute approximate surface area is 108 Å². The van der Waals surface area contributed by atoms with Crippen molar-refractivity contribution in [3.63, 3.8) is 0 Å². The van der Waals surface area contributed by atoms with Crippen molar-refractivity contribution in [2.75, 3.05) is 6.61 Å². The molecule has 1 aromatic carbocycles. The smallest absolute Gasteiger partial charge is 0.303 e. The summed E-state index contributed by atoms with van der Waals surface area (Å²) >= 11 is 0. The lowest BCUT2D eigenvalue weighted by Crippen LogP contribution is -2.07. The maximum absolute atomic E-state index is 11.0. The zero-order chi connectivity index (χ0) is 13.1. The monoisotopic (exact) mass is 248 g/mol. The van der Waals surface area contributed by atoms with Crippen molar-refractivity contribution in [2.45, 2.75) is 44.9 Å². The summed E-state index contributed by atoms with van der Waals surface area (Å²) in [7, 11) is 0. The molecule has 2 rings (SSSR count). The molecular formula is C15H20O3. The first-order chi connectivity index (χ1) is 8.59. The van der Waals surface area contributed by atoms with Crippen molar-refractivity contribution < 1.29 is 14.6 Å². The van der Waals surface area contributed by atoms with Gasteiger partial charge in [-0.1, -0.05) is 32.0 Å². The van der Waals surface area contributed by atoms with E-state index in [9.17, 15) is 4.79 Å². The van der Waals surface area contributed by atoms with Crippen LogP contribution in [0.1, 0.15) is 56.1 Å². The first-order valence-electron chi connectivity index (χ1n) is 6.57. The summed E-state index contributed by atoms with van der Waals surface area (Å²) in [5, 5.41) is 9.02. The van der Waals surface area contributed by atoms with E-state index in [-0.39, 0.29) is 12.3 Å². The molecule has 1 aromatic rings. The Morgan fingerprint density at radius 1 is 1.50 bits per heavy atom. The van der Waals surface area contributed by atoms with Gasteiger partial charge in [-0.2, -0.15) is 0 Å². The number of carbonyl (C=O) groups is 1. The minimum absolute atomic E-state index is 0.0821. The van der Waals surface area contributed by atoms with Gasteiger partial charge in [0.25, 0.3) is 0 Å². The van der Waals surface area contributed by atoms with Crippen LogP contribution in [0.3, 0.4) is 0 Å². The largest absolute Gasteiger partial charge is 0.493 e. The number of rotatable bonds is 3. The summed E-state index contributed by atoms with van der Waals surface area (Å²) < 4.78 is 5.86. The van der Waals surface area contributed by atoms with Crippen LogP contribution in [0.2, 0.25) is 0 Å². The average Bonchev–Trinajstić information content (AvgIpc) is 2.51. The number of aliphatic carboxylic acids is 1. The highest BCUT2D eigenvalue weighted by Crippen LogP contribution is 2.39. The van der Waals surface area contributed by atoms with Crippen LogP contribution in [0.5, 0.6) is 5.75 Å². The molecule has 0 saturated heterocycles. The lowest BCUT2D eigenvalue weighted by Gasteiger charge is -2.19. The highest BCUT2D eigenvalue weighted by Gasteiger charge is 2.24. The van der Waals surface area contributed by atoms with Gasteiger partial charge in [0.15, 0.2) is 0 Å². The normalized spacial score (nSPS) is 18.9. The van der Waals surface area contributed by atoms with Crippen LogP contribution in [-0.2, 0) is 4.79 Å². The molecule has 18 heavy (non-hydrogen) atoms. The van der Waals surface area contributed by atoms with E-state index in [4.69, 9.17) is 9.84 Å². The summed E-state index contributed by atoms with van der Waals surface area (Å²) in [6, 6.07) is 6.10. The van der Waals surface area contributed by atoms with Crippen molar-refractivity contribution in [2.24, 2.45) is 0 Å². The van der Waals surface area contributed by atoms with Gasteiger partial charge in [0.05, 0.1) is 13.0 Å². The number of ether oxygens (including phenoxy) is 1. The molecule has 1 heterocycles. The summed E-state index contributed by atoms with van der Waals surface area (Å²) in [5.41, 5.74) is 2.26. The molecule has 1 aliphatic rings. The van der Waals surface area contributed by atoms with E-state index in [2.05, 4.69) is 19.9 Å². The number of carboxylic acids is 1. The number of para-hydroxylation sites is 1. The Morgan fingerprint density at radius 3 is 2.94 bits per heavy atom. The summed E-state index contributed by atoms with van der Waals surface area (Å²) in [4.78, 5) is 11.0. The molecule has 3 heteroatoms. The Kier molecular flexibility index (Phi) is 3.90. The predicted octanol–water partition coefficient (Wildman–Crippen LogP) is 3.54. The second-order valence-electron chi connectivity index (χ2n) is 5.21. The van der Waals surface area contributed by atoms with Crippen molar-refractivity contribution >= 4 is 5.97 Å². The van der Waals surface area contributed by atoms with Gasteiger partial charge in [0, 0.05) is 0 Å². The molecule has 0 radical (unpaired) electrons. The molecule has 1 unspecified atom stereocenters. The van der Waals surface area contributed by atoms with E-state index in [0.717, 1.165) is 24.2 Å². The Balaban J connectivity index is 2.42. The fourth-order valence-electron chi connectivity index (χ4n) is 2.60. The van der Waals surface area contributed by atoms with Crippen LogP contribution in [0, 0.1) is 0 Å². The molecular weight excluding hydrogens is 228 g/mol. The maximum Gasteiger partial charge on any atom is 0.303 e. The standard InChI is InChI=1S/C15H20O3/c1-10(2)12-6-3-7-13-11(9-14(16)17)5-4-8-18-15(12)13/h3,6-7,10-11H,4-5,8-9H2,1-2H3,(H,16,17). The second kappa shape index (κ2) is 5.42. The molecule has 1 aliphatic heterocycles. The lowest BCUT2D eigenvalue weighted by molar-refractivity contribution is -0.137. The SMILES string of the molecule is CC(C)c1cccc2c1OCCCC2CC(=O)O. The van der Waals surface area contributed by atoms with Gasteiger partial charge in [0.2, 0.25) is 0 Å². The van der Waals surface area contributed by atoms with Gasteiger partial charge in [-0.05, 0) is 35.8 Å². The fourth-order valence-corrected chi connectivity index (χ4v) is 2.60. The van der Waals surface area contributed by atoms with E-state index in [1.165, 1.54) is 5.56 Å². The lowest BCUT2D eigenvalue weighted by atomic mass is 9.88. The first-order valence-corrected chi connectivity index (χ1v) is 6.57. The van der Waals surface area contributed by atoms with Gasteiger partial charge in [-0.3, -0.25) is 4.79 Å². The van der Waals surface area contributed by atoms with Gasteiger partial charge in [0.1, 0.15) is 5.75 Å². The highest BCUT2D eigenvalue weighted by molar-refractivity contribution is 5.68. The van der Waals surface area contributed by atoms with E-state index in [0.29, 0.717) is 12.5 Å². The second-order valence-corrected chi connectivity index (χ2v) is 5.21. The summed E-state index contributed by atoms with van der Waals surface area (Å²) in [5.74, 6) is 0.668. The fraction of sp³-hybridized carbons (Fsp3) is 0.533. The van der Waals surface area contributed by atoms with Gasteiger partial charge < -0.3 is 9.84 Å². The number of carboxylic acid groups (broad SMARTS) is 1. The highest BCUT2D eigenvalue weighted by atomic mass is 16.5. The topological polar surface area (TPSA) is 46.5 Å². The van der Waals surface area contributed by atoms with E-state index < -0.39 is 5.97 Å². The first kappa shape index (κ1) is 12.9. The Bertz CT molecular complexity index is 437. The number of hydrogen-bond donors (Lipinski definition) is 1. The molecule has 0 saturated carbocycles. The van der Waals surface area contributed by atoms with E-state index in [1.807, 2.05) is 12.1 Å². The summed E-state index contributed by atoms with van der Waals surface area (Å²) in [6.07, 6.45) is 2.00. The zero-order valence-electron chi connectivity index (χ0n) is 11.0. The molecule has 0 aliphatic carbocycles. The van der Waals surface area contributed by atoms with Crippen LogP contribution >= 0.6 is 0 Å². The van der Waals surface area contributed by atoms with Gasteiger partial charge >= 0.3 is 5.97 Å².